The highest BCUT2D eigenvalue weighted by molar-refractivity contribution is 7.99. The molecule has 0 spiro atoms. The second-order valence-corrected chi connectivity index (χ2v) is 9.25. The zero-order chi connectivity index (χ0) is 22.7. The molecule has 1 aromatic heterocycles. The van der Waals surface area contributed by atoms with E-state index in [2.05, 4.69) is 15.5 Å². The van der Waals surface area contributed by atoms with Crippen molar-refractivity contribution in [1.82, 2.24) is 14.8 Å². The van der Waals surface area contributed by atoms with E-state index < -0.39 is 0 Å². The number of benzene rings is 2. The van der Waals surface area contributed by atoms with Crippen LogP contribution in [-0.2, 0) is 11.8 Å². The average Bonchev–Trinajstić information content (AvgIpc) is 3.07. The summed E-state index contributed by atoms with van der Waals surface area (Å²) in [6.45, 7) is 3.80. The third-order valence-corrected chi connectivity index (χ3v) is 6.58. The van der Waals surface area contributed by atoms with Crippen molar-refractivity contribution in [2.75, 3.05) is 11.1 Å². The van der Waals surface area contributed by atoms with E-state index in [1.807, 2.05) is 33.0 Å². The van der Waals surface area contributed by atoms with Crippen LogP contribution in [0, 0.1) is 6.92 Å². The number of aromatic nitrogens is 3. The van der Waals surface area contributed by atoms with Gasteiger partial charge < -0.3 is 14.6 Å². The first-order valence-corrected chi connectivity index (χ1v) is 11.5. The highest BCUT2D eigenvalue weighted by Crippen LogP contribution is 2.32. The molecule has 1 heterocycles. The van der Waals surface area contributed by atoms with Gasteiger partial charge in [0, 0.05) is 12.1 Å². The summed E-state index contributed by atoms with van der Waals surface area (Å²) in [5.41, 5.74) is 1.31. The molecule has 3 rings (SSSR count). The molecule has 164 valence electrons. The Morgan fingerprint density at radius 1 is 1.13 bits per heavy atom. The van der Waals surface area contributed by atoms with Gasteiger partial charge >= 0.3 is 0 Å². The summed E-state index contributed by atoms with van der Waals surface area (Å²) in [7, 11) is 1.82. The minimum atomic E-state index is -0.351. The van der Waals surface area contributed by atoms with E-state index in [9.17, 15) is 4.79 Å². The fraction of sp³-hybridized carbons (Fsp3) is 0.250. The smallest absolute Gasteiger partial charge is 0.234 e. The van der Waals surface area contributed by atoms with Crippen LogP contribution in [0.5, 0.6) is 5.75 Å². The zero-order valence-electron chi connectivity index (χ0n) is 16.7. The van der Waals surface area contributed by atoms with Crippen molar-refractivity contribution in [2.24, 2.45) is 7.05 Å². The van der Waals surface area contributed by atoms with Crippen molar-refractivity contribution in [3.05, 3.63) is 61.8 Å². The molecule has 0 radical (unpaired) electrons. The van der Waals surface area contributed by atoms with Crippen molar-refractivity contribution in [2.45, 2.75) is 25.1 Å². The topological polar surface area (TPSA) is 69.0 Å². The number of amides is 1. The Balaban J connectivity index is 1.62. The fourth-order valence-corrected chi connectivity index (χ4v) is 4.27. The molecule has 2 aromatic carbocycles. The van der Waals surface area contributed by atoms with Crippen molar-refractivity contribution in [3.63, 3.8) is 0 Å². The highest BCUT2D eigenvalue weighted by Gasteiger charge is 2.19. The fourth-order valence-electron chi connectivity index (χ4n) is 2.73. The van der Waals surface area contributed by atoms with Gasteiger partial charge in [-0.15, -0.1) is 10.2 Å². The second-order valence-electron chi connectivity index (χ2n) is 6.65. The lowest BCUT2D eigenvalue weighted by Gasteiger charge is -2.16. The average molecular weight is 520 g/mol. The van der Waals surface area contributed by atoms with Crippen LogP contribution in [0.15, 0.2) is 35.5 Å². The zero-order valence-corrected chi connectivity index (χ0v) is 20.6. The molecule has 0 saturated heterocycles. The molecule has 0 bridgehead atoms. The molecule has 0 aliphatic rings. The molecule has 31 heavy (non-hydrogen) atoms. The van der Waals surface area contributed by atoms with Gasteiger partial charge in [0.15, 0.2) is 17.1 Å². The van der Waals surface area contributed by atoms with Crippen molar-refractivity contribution in [1.29, 1.82) is 0 Å². The number of rotatable bonds is 7. The number of anilines is 1. The second kappa shape index (κ2) is 10.3. The summed E-state index contributed by atoms with van der Waals surface area (Å²) >= 11 is 25.2. The van der Waals surface area contributed by atoms with Gasteiger partial charge in [-0.3, -0.25) is 4.79 Å². The maximum Gasteiger partial charge on any atom is 0.234 e. The third-order valence-electron chi connectivity index (χ3n) is 4.29. The number of ether oxygens (including phenoxy) is 1. The Labute approximate surface area is 204 Å². The van der Waals surface area contributed by atoms with Crippen LogP contribution in [0.2, 0.25) is 20.1 Å². The van der Waals surface area contributed by atoms with Crippen LogP contribution >= 0.6 is 58.2 Å². The molecule has 6 nitrogen and oxygen atoms in total. The number of nitrogens with one attached hydrogen (secondary N) is 1. The van der Waals surface area contributed by atoms with E-state index in [4.69, 9.17) is 51.1 Å². The number of carbonyl (C=O) groups excluding carboxylic acids is 1. The van der Waals surface area contributed by atoms with Crippen LogP contribution in [0.3, 0.4) is 0 Å². The monoisotopic (exact) mass is 518 g/mol. The molecule has 11 heteroatoms. The summed E-state index contributed by atoms with van der Waals surface area (Å²) in [6, 6.07) is 8.41. The van der Waals surface area contributed by atoms with Gasteiger partial charge in [0.2, 0.25) is 5.91 Å². The Kier molecular flexibility index (Phi) is 7.99. The molecule has 1 atom stereocenters. The van der Waals surface area contributed by atoms with Gasteiger partial charge in [0.05, 0.1) is 26.5 Å². The van der Waals surface area contributed by atoms with Crippen LogP contribution in [0.1, 0.15) is 24.4 Å². The van der Waals surface area contributed by atoms with Gasteiger partial charge in [0.1, 0.15) is 5.75 Å². The maximum absolute atomic E-state index is 12.3. The predicted octanol–water partition coefficient (Wildman–Crippen LogP) is 6.61. The molecular weight excluding hydrogens is 502 g/mol. The quantitative estimate of drug-likeness (QED) is 0.281. The van der Waals surface area contributed by atoms with Crippen molar-refractivity contribution in [3.8, 4) is 5.75 Å². The van der Waals surface area contributed by atoms with Gasteiger partial charge in [-0.2, -0.15) is 0 Å². The minimum Gasteiger partial charge on any atom is -0.482 e. The number of halogens is 4. The number of aryl methyl sites for hydroxylation is 1. The summed E-state index contributed by atoms with van der Waals surface area (Å²) in [6.07, 6.45) is -0.351. The van der Waals surface area contributed by atoms with Gasteiger partial charge in [-0.25, -0.2) is 0 Å². The van der Waals surface area contributed by atoms with Crippen LogP contribution < -0.4 is 10.1 Å². The van der Waals surface area contributed by atoms with Gasteiger partial charge in [0.25, 0.3) is 0 Å². The molecule has 0 saturated carbocycles. The molecule has 1 unspecified atom stereocenters. The number of carbonyl (C=O) groups is 1. The summed E-state index contributed by atoms with van der Waals surface area (Å²) in [4.78, 5) is 12.3. The summed E-state index contributed by atoms with van der Waals surface area (Å²) in [5.74, 6) is 1.18. The largest absolute Gasteiger partial charge is 0.482 e. The van der Waals surface area contributed by atoms with E-state index >= 15 is 0 Å². The SMILES string of the molecule is Cc1cc(Cl)ccc1OC(C)c1nnc(SCC(=O)Nc2cc(Cl)c(Cl)cc2Cl)n1C. The Morgan fingerprint density at radius 3 is 2.55 bits per heavy atom. The van der Waals surface area contributed by atoms with Gasteiger partial charge in [-0.05, 0) is 49.7 Å². The first-order chi connectivity index (χ1) is 14.7. The first kappa shape index (κ1) is 24.0. The number of hydrogen-bond donors (Lipinski definition) is 1. The van der Waals surface area contributed by atoms with E-state index in [-0.39, 0.29) is 17.8 Å². The molecule has 1 N–H and O–H groups in total. The first-order valence-electron chi connectivity index (χ1n) is 9.05. The van der Waals surface area contributed by atoms with Gasteiger partial charge in [-0.1, -0.05) is 58.2 Å². The van der Waals surface area contributed by atoms with Crippen molar-refractivity contribution >= 4 is 69.8 Å². The normalized spacial score (nSPS) is 12.0. The standard InChI is InChI=1S/C20H18Cl4N4O2S/c1-10-6-12(21)4-5-17(10)30-11(2)19-26-27-20(28(19)3)31-9-18(29)25-16-8-14(23)13(22)7-15(16)24/h4-8,11H,9H2,1-3H3,(H,25,29). The Morgan fingerprint density at radius 2 is 1.84 bits per heavy atom. The third kappa shape index (κ3) is 5.99. The lowest BCUT2D eigenvalue weighted by molar-refractivity contribution is -0.113. The van der Waals surface area contributed by atoms with E-state index in [0.717, 1.165) is 5.56 Å². The summed E-state index contributed by atoms with van der Waals surface area (Å²) in [5, 5.41) is 13.2. The lowest BCUT2D eigenvalue weighted by Crippen LogP contribution is -2.15. The molecule has 1 amide bonds. The lowest BCUT2D eigenvalue weighted by atomic mass is 10.2. The number of hydrogen-bond acceptors (Lipinski definition) is 5. The molecule has 0 aliphatic heterocycles. The van der Waals surface area contributed by atoms with E-state index in [1.165, 1.54) is 23.9 Å². The molecule has 3 aromatic rings. The minimum absolute atomic E-state index is 0.105. The molecular formula is C20H18Cl4N4O2S. The Hall–Kier alpha value is -1.64. The van der Waals surface area contributed by atoms with E-state index in [1.54, 1.807) is 10.6 Å². The van der Waals surface area contributed by atoms with Crippen LogP contribution in [-0.4, -0.2) is 26.4 Å². The molecule has 0 aliphatic carbocycles. The number of nitrogens with zero attached hydrogens (tertiary/aromatic N) is 3. The van der Waals surface area contributed by atoms with Crippen molar-refractivity contribution < 1.29 is 9.53 Å². The van der Waals surface area contributed by atoms with E-state index in [0.29, 0.717) is 42.5 Å². The summed E-state index contributed by atoms with van der Waals surface area (Å²) < 4.78 is 7.80. The highest BCUT2D eigenvalue weighted by atomic mass is 35.5. The van der Waals surface area contributed by atoms with Crippen LogP contribution in [0.4, 0.5) is 5.69 Å². The van der Waals surface area contributed by atoms with Crippen LogP contribution in [0.25, 0.3) is 0 Å². The Bertz CT molecular complexity index is 1120. The molecule has 0 fully saturated rings. The predicted molar refractivity (Wildman–Crippen MR) is 127 cm³/mol. The number of thioether (sulfide) groups is 1. The maximum atomic E-state index is 12.3.